The van der Waals surface area contributed by atoms with Gasteiger partial charge in [0.05, 0.1) is 6.54 Å². The van der Waals surface area contributed by atoms with Gasteiger partial charge >= 0.3 is 0 Å². The number of carbonyl (C=O) groups excluding carboxylic acids is 1. The predicted octanol–water partition coefficient (Wildman–Crippen LogP) is 3.42. The molecule has 4 nitrogen and oxygen atoms in total. The Morgan fingerprint density at radius 1 is 1.00 bits per heavy atom. The van der Waals surface area contributed by atoms with Crippen LogP contribution in [0.1, 0.15) is 12.0 Å². The van der Waals surface area contributed by atoms with Crippen LogP contribution in [-0.4, -0.2) is 55.8 Å². The van der Waals surface area contributed by atoms with Crippen molar-refractivity contribution in [2.24, 2.45) is 0 Å². The van der Waals surface area contributed by atoms with E-state index >= 15 is 0 Å². The molecule has 1 saturated heterocycles. The van der Waals surface area contributed by atoms with Gasteiger partial charge in [0, 0.05) is 43.3 Å². The summed E-state index contributed by atoms with van der Waals surface area (Å²) >= 11 is 1.84. The van der Waals surface area contributed by atoms with Crippen molar-refractivity contribution in [3.05, 3.63) is 60.2 Å². The lowest BCUT2D eigenvalue weighted by Gasteiger charge is -2.36. The molecule has 0 spiro atoms. The number of nitrogens with zero attached hydrogens (tertiary/aromatic N) is 2. The Kier molecular flexibility index (Phi) is 7.60. The van der Waals surface area contributed by atoms with E-state index in [9.17, 15) is 4.79 Å². The number of amides is 1. The van der Waals surface area contributed by atoms with E-state index < -0.39 is 0 Å². The van der Waals surface area contributed by atoms with Crippen LogP contribution in [0.25, 0.3) is 0 Å². The highest BCUT2D eigenvalue weighted by atomic mass is 32.2. The van der Waals surface area contributed by atoms with Crippen molar-refractivity contribution < 1.29 is 4.79 Å². The first-order valence-corrected chi connectivity index (χ1v) is 10.7. The van der Waals surface area contributed by atoms with Crippen molar-refractivity contribution in [3.63, 3.8) is 0 Å². The van der Waals surface area contributed by atoms with E-state index in [0.29, 0.717) is 6.54 Å². The molecule has 1 N–H and O–H groups in total. The predicted molar refractivity (Wildman–Crippen MR) is 115 cm³/mol. The summed E-state index contributed by atoms with van der Waals surface area (Å²) in [7, 11) is 0. The molecule has 1 heterocycles. The van der Waals surface area contributed by atoms with E-state index in [-0.39, 0.29) is 5.91 Å². The van der Waals surface area contributed by atoms with Crippen molar-refractivity contribution in [2.45, 2.75) is 18.2 Å². The summed E-state index contributed by atoms with van der Waals surface area (Å²) in [4.78, 5) is 18.1. The smallest absolute Gasteiger partial charge is 0.234 e. The Balaban J connectivity index is 1.30. The Bertz CT molecular complexity index is 715. The molecular formula is C22H29N3OS. The number of carbonyl (C=O) groups is 1. The number of piperazine rings is 1. The number of hydrogen-bond acceptors (Lipinski definition) is 4. The van der Waals surface area contributed by atoms with Gasteiger partial charge in [-0.15, -0.1) is 11.8 Å². The minimum atomic E-state index is 0.143. The highest BCUT2D eigenvalue weighted by Crippen LogP contribution is 2.20. The van der Waals surface area contributed by atoms with Crippen LogP contribution in [-0.2, 0) is 4.79 Å². The molecule has 1 fully saturated rings. The molecule has 1 amide bonds. The second-order valence-electron chi connectivity index (χ2n) is 6.91. The summed E-state index contributed by atoms with van der Waals surface area (Å²) in [6.45, 7) is 7.25. The second kappa shape index (κ2) is 10.4. The van der Waals surface area contributed by atoms with Gasteiger partial charge in [-0.3, -0.25) is 9.69 Å². The lowest BCUT2D eigenvalue weighted by Crippen LogP contribution is -2.49. The SMILES string of the molecule is Cc1ccccc1N1CCN(CC(=O)NCCCSc2ccccc2)CC1. The zero-order chi connectivity index (χ0) is 18.9. The molecule has 0 unspecified atom stereocenters. The van der Waals surface area contributed by atoms with E-state index in [1.807, 2.05) is 17.8 Å². The maximum absolute atomic E-state index is 12.2. The van der Waals surface area contributed by atoms with E-state index in [1.54, 1.807) is 0 Å². The molecule has 1 aliphatic heterocycles. The summed E-state index contributed by atoms with van der Waals surface area (Å²) in [5.74, 6) is 1.17. The van der Waals surface area contributed by atoms with Gasteiger partial charge < -0.3 is 10.2 Å². The molecule has 144 valence electrons. The van der Waals surface area contributed by atoms with Crippen LogP contribution in [0.15, 0.2) is 59.5 Å². The summed E-state index contributed by atoms with van der Waals surface area (Å²) in [6, 6.07) is 18.9. The summed E-state index contributed by atoms with van der Waals surface area (Å²) in [5.41, 5.74) is 2.63. The first-order chi connectivity index (χ1) is 13.2. The number of thioether (sulfide) groups is 1. The zero-order valence-electron chi connectivity index (χ0n) is 16.1. The van der Waals surface area contributed by atoms with Gasteiger partial charge in [-0.2, -0.15) is 0 Å². The van der Waals surface area contributed by atoms with Gasteiger partial charge in [-0.25, -0.2) is 0 Å². The lowest BCUT2D eigenvalue weighted by molar-refractivity contribution is -0.122. The van der Waals surface area contributed by atoms with Crippen LogP contribution in [0.2, 0.25) is 0 Å². The first-order valence-electron chi connectivity index (χ1n) is 9.70. The van der Waals surface area contributed by atoms with Crippen molar-refractivity contribution in [2.75, 3.05) is 49.9 Å². The molecule has 2 aromatic rings. The van der Waals surface area contributed by atoms with Crippen LogP contribution >= 0.6 is 11.8 Å². The van der Waals surface area contributed by atoms with E-state index in [2.05, 4.69) is 70.6 Å². The topological polar surface area (TPSA) is 35.6 Å². The summed E-state index contributed by atoms with van der Waals surface area (Å²) < 4.78 is 0. The maximum Gasteiger partial charge on any atom is 0.234 e. The van der Waals surface area contributed by atoms with E-state index in [1.165, 1.54) is 16.1 Å². The van der Waals surface area contributed by atoms with E-state index in [4.69, 9.17) is 0 Å². The number of para-hydroxylation sites is 1. The van der Waals surface area contributed by atoms with Crippen LogP contribution < -0.4 is 10.2 Å². The summed E-state index contributed by atoms with van der Waals surface area (Å²) in [6.07, 6.45) is 0.992. The van der Waals surface area contributed by atoms with Crippen LogP contribution in [0, 0.1) is 6.92 Å². The molecule has 0 aliphatic carbocycles. The fourth-order valence-electron chi connectivity index (χ4n) is 3.33. The summed E-state index contributed by atoms with van der Waals surface area (Å²) in [5, 5.41) is 3.06. The second-order valence-corrected chi connectivity index (χ2v) is 8.08. The molecule has 27 heavy (non-hydrogen) atoms. The Labute approximate surface area is 166 Å². The minimum absolute atomic E-state index is 0.143. The Morgan fingerprint density at radius 3 is 2.44 bits per heavy atom. The zero-order valence-corrected chi connectivity index (χ0v) is 16.9. The third-order valence-electron chi connectivity index (χ3n) is 4.85. The number of anilines is 1. The fourth-order valence-corrected chi connectivity index (χ4v) is 4.20. The first kappa shape index (κ1) is 19.8. The van der Waals surface area contributed by atoms with Gasteiger partial charge in [0.25, 0.3) is 0 Å². The highest BCUT2D eigenvalue weighted by molar-refractivity contribution is 7.99. The van der Waals surface area contributed by atoms with Crippen molar-refractivity contribution in [1.82, 2.24) is 10.2 Å². The van der Waals surface area contributed by atoms with Crippen molar-refractivity contribution in [1.29, 1.82) is 0 Å². The van der Waals surface area contributed by atoms with Crippen LogP contribution in [0.4, 0.5) is 5.69 Å². The fraction of sp³-hybridized carbons (Fsp3) is 0.409. The molecule has 0 aromatic heterocycles. The van der Waals surface area contributed by atoms with Gasteiger partial charge in [0.2, 0.25) is 5.91 Å². The van der Waals surface area contributed by atoms with Crippen LogP contribution in [0.5, 0.6) is 0 Å². The molecule has 0 atom stereocenters. The Hall–Kier alpha value is -1.98. The van der Waals surface area contributed by atoms with Crippen molar-refractivity contribution >= 4 is 23.4 Å². The normalized spacial score (nSPS) is 14.9. The number of benzene rings is 2. The average Bonchev–Trinajstić information content (AvgIpc) is 2.70. The quantitative estimate of drug-likeness (QED) is 0.560. The van der Waals surface area contributed by atoms with E-state index in [0.717, 1.165) is 44.9 Å². The van der Waals surface area contributed by atoms with Gasteiger partial charge in [0.1, 0.15) is 0 Å². The number of nitrogens with one attached hydrogen (secondary N) is 1. The van der Waals surface area contributed by atoms with Crippen LogP contribution in [0.3, 0.4) is 0 Å². The van der Waals surface area contributed by atoms with Gasteiger partial charge in [0.15, 0.2) is 0 Å². The number of hydrogen-bond donors (Lipinski definition) is 1. The number of aryl methyl sites for hydroxylation is 1. The van der Waals surface area contributed by atoms with Gasteiger partial charge in [-0.05, 0) is 42.9 Å². The average molecular weight is 384 g/mol. The minimum Gasteiger partial charge on any atom is -0.369 e. The molecule has 0 saturated carbocycles. The maximum atomic E-state index is 12.2. The lowest BCUT2D eigenvalue weighted by atomic mass is 10.1. The molecule has 1 aliphatic rings. The molecule has 3 rings (SSSR count). The number of rotatable bonds is 8. The molecule has 5 heteroatoms. The largest absolute Gasteiger partial charge is 0.369 e. The standard InChI is InChI=1S/C22H29N3OS/c1-19-8-5-6-11-21(19)25-15-13-24(14-16-25)18-22(26)23-12-7-17-27-20-9-3-2-4-10-20/h2-6,8-11H,7,12-18H2,1H3,(H,23,26). The third-order valence-corrected chi connectivity index (χ3v) is 5.95. The van der Waals surface area contributed by atoms with Crippen molar-refractivity contribution in [3.8, 4) is 0 Å². The Morgan fingerprint density at radius 2 is 1.70 bits per heavy atom. The monoisotopic (exact) mass is 383 g/mol. The molecule has 2 aromatic carbocycles. The molecule has 0 bridgehead atoms. The third kappa shape index (κ3) is 6.29. The van der Waals surface area contributed by atoms with Gasteiger partial charge in [-0.1, -0.05) is 36.4 Å². The molecule has 0 radical (unpaired) electrons. The molecular weight excluding hydrogens is 354 g/mol. The highest BCUT2D eigenvalue weighted by Gasteiger charge is 2.19.